The van der Waals surface area contributed by atoms with Crippen molar-refractivity contribution in [3.63, 3.8) is 0 Å². The van der Waals surface area contributed by atoms with E-state index in [-0.39, 0.29) is 36.2 Å². The standard InChI is InChI=1S/C18H33N3O2.ClH/c1-14(12-15-6-2-3-7-15)18(23)21-11-5-4-8-16(21)13-20-17(22)9-10-19;/h14-16H,2-13,19H2,1H3,(H,20,22);1H. The lowest BCUT2D eigenvalue weighted by Gasteiger charge is -2.37. The number of carbonyl (C=O) groups is 2. The molecule has 0 bridgehead atoms. The largest absolute Gasteiger partial charge is 0.354 e. The van der Waals surface area contributed by atoms with Crippen molar-refractivity contribution in [2.45, 2.75) is 70.8 Å². The van der Waals surface area contributed by atoms with Crippen LogP contribution in [0.25, 0.3) is 0 Å². The highest BCUT2D eigenvalue weighted by Crippen LogP contribution is 2.31. The Bertz CT molecular complexity index is 400. The average molecular weight is 360 g/mol. The number of hydrogen-bond acceptors (Lipinski definition) is 3. The van der Waals surface area contributed by atoms with Crippen LogP contribution in [0.3, 0.4) is 0 Å². The number of likely N-dealkylation sites (tertiary alicyclic amines) is 1. The van der Waals surface area contributed by atoms with Crippen LogP contribution >= 0.6 is 12.4 Å². The van der Waals surface area contributed by atoms with Gasteiger partial charge in [-0.15, -0.1) is 12.4 Å². The summed E-state index contributed by atoms with van der Waals surface area (Å²) in [6.07, 6.45) is 9.82. The first-order valence-corrected chi connectivity index (χ1v) is 9.39. The maximum atomic E-state index is 12.9. The Morgan fingerprint density at radius 1 is 1.17 bits per heavy atom. The van der Waals surface area contributed by atoms with Gasteiger partial charge in [-0.3, -0.25) is 9.59 Å². The van der Waals surface area contributed by atoms with Crippen molar-refractivity contribution in [2.75, 3.05) is 19.6 Å². The summed E-state index contributed by atoms with van der Waals surface area (Å²) in [5, 5.41) is 2.94. The summed E-state index contributed by atoms with van der Waals surface area (Å²) in [7, 11) is 0. The van der Waals surface area contributed by atoms with Crippen LogP contribution in [-0.2, 0) is 9.59 Å². The molecule has 1 aliphatic heterocycles. The minimum Gasteiger partial charge on any atom is -0.354 e. The highest BCUT2D eigenvalue weighted by Gasteiger charge is 2.31. The number of piperidine rings is 1. The Morgan fingerprint density at radius 2 is 1.83 bits per heavy atom. The minimum absolute atomic E-state index is 0. The van der Waals surface area contributed by atoms with Crippen molar-refractivity contribution in [3.8, 4) is 0 Å². The third-order valence-electron chi connectivity index (χ3n) is 5.40. The second kappa shape index (κ2) is 10.9. The fourth-order valence-electron chi connectivity index (χ4n) is 4.08. The molecule has 2 rings (SSSR count). The van der Waals surface area contributed by atoms with Gasteiger partial charge < -0.3 is 16.0 Å². The summed E-state index contributed by atoms with van der Waals surface area (Å²) >= 11 is 0. The Hall–Kier alpha value is -0.810. The van der Waals surface area contributed by atoms with E-state index in [1.165, 1.54) is 25.7 Å². The summed E-state index contributed by atoms with van der Waals surface area (Å²) in [6.45, 7) is 3.86. The third kappa shape index (κ3) is 6.25. The maximum Gasteiger partial charge on any atom is 0.225 e. The van der Waals surface area contributed by atoms with Gasteiger partial charge in [0, 0.05) is 38.0 Å². The Balaban J connectivity index is 0.00000288. The van der Waals surface area contributed by atoms with E-state index in [0.717, 1.165) is 38.1 Å². The predicted octanol–water partition coefficient (Wildman–Crippen LogP) is 2.47. The van der Waals surface area contributed by atoms with Gasteiger partial charge in [-0.1, -0.05) is 32.6 Å². The molecule has 2 amide bonds. The van der Waals surface area contributed by atoms with Crippen LogP contribution in [-0.4, -0.2) is 42.4 Å². The molecule has 3 N–H and O–H groups in total. The molecular weight excluding hydrogens is 326 g/mol. The van der Waals surface area contributed by atoms with Gasteiger partial charge in [0.15, 0.2) is 0 Å². The number of rotatable bonds is 7. The van der Waals surface area contributed by atoms with Crippen molar-refractivity contribution in [1.82, 2.24) is 10.2 Å². The molecule has 1 heterocycles. The lowest BCUT2D eigenvalue weighted by Crippen LogP contribution is -2.51. The van der Waals surface area contributed by atoms with Crippen molar-refractivity contribution in [1.29, 1.82) is 0 Å². The molecule has 2 fully saturated rings. The fourth-order valence-corrected chi connectivity index (χ4v) is 4.08. The monoisotopic (exact) mass is 359 g/mol. The molecule has 2 aliphatic rings. The molecule has 2 atom stereocenters. The molecule has 2 unspecified atom stereocenters. The normalized spacial score (nSPS) is 22.8. The van der Waals surface area contributed by atoms with Gasteiger partial charge >= 0.3 is 0 Å². The molecule has 6 heteroatoms. The van der Waals surface area contributed by atoms with Gasteiger partial charge in [-0.05, 0) is 31.6 Å². The third-order valence-corrected chi connectivity index (χ3v) is 5.40. The number of halogens is 1. The molecule has 140 valence electrons. The SMILES string of the molecule is CC(CC1CCCC1)C(=O)N1CCCCC1CNC(=O)CCN.Cl. The summed E-state index contributed by atoms with van der Waals surface area (Å²) in [4.78, 5) is 26.5. The molecule has 0 aromatic heterocycles. The first kappa shape index (κ1) is 21.2. The second-order valence-corrected chi connectivity index (χ2v) is 7.31. The van der Waals surface area contributed by atoms with Gasteiger partial charge in [0.25, 0.3) is 0 Å². The number of nitrogens with two attached hydrogens (primary N) is 1. The van der Waals surface area contributed by atoms with E-state index in [4.69, 9.17) is 5.73 Å². The lowest BCUT2D eigenvalue weighted by atomic mass is 9.92. The molecular formula is C18H34ClN3O2. The molecule has 0 aromatic carbocycles. The quantitative estimate of drug-likeness (QED) is 0.733. The number of nitrogens with one attached hydrogen (secondary N) is 1. The van der Waals surface area contributed by atoms with Crippen LogP contribution in [0, 0.1) is 11.8 Å². The van der Waals surface area contributed by atoms with Crippen LogP contribution in [0.1, 0.15) is 64.7 Å². The number of carbonyl (C=O) groups excluding carboxylic acids is 2. The van der Waals surface area contributed by atoms with Crippen LogP contribution in [0.5, 0.6) is 0 Å². The van der Waals surface area contributed by atoms with Gasteiger partial charge in [0.1, 0.15) is 0 Å². The van der Waals surface area contributed by atoms with Crippen molar-refractivity contribution < 1.29 is 9.59 Å². The summed E-state index contributed by atoms with van der Waals surface area (Å²) in [5.41, 5.74) is 5.41. The van der Waals surface area contributed by atoms with Crippen LogP contribution in [0.2, 0.25) is 0 Å². The zero-order chi connectivity index (χ0) is 16.7. The molecule has 1 saturated heterocycles. The zero-order valence-corrected chi connectivity index (χ0v) is 15.8. The fraction of sp³-hybridized carbons (Fsp3) is 0.889. The molecule has 0 radical (unpaired) electrons. The Kier molecular flexibility index (Phi) is 9.67. The lowest BCUT2D eigenvalue weighted by molar-refractivity contribution is -0.139. The van der Waals surface area contributed by atoms with Crippen molar-refractivity contribution in [2.24, 2.45) is 17.6 Å². The molecule has 0 aromatic rings. The van der Waals surface area contributed by atoms with Crippen LogP contribution in [0.15, 0.2) is 0 Å². The Morgan fingerprint density at radius 3 is 2.50 bits per heavy atom. The molecule has 1 aliphatic carbocycles. The van der Waals surface area contributed by atoms with Gasteiger partial charge in [-0.2, -0.15) is 0 Å². The number of hydrogen-bond donors (Lipinski definition) is 2. The van der Waals surface area contributed by atoms with E-state index in [1.54, 1.807) is 0 Å². The number of amides is 2. The predicted molar refractivity (Wildman–Crippen MR) is 99.0 cm³/mol. The Labute approximate surface area is 152 Å². The van der Waals surface area contributed by atoms with Gasteiger partial charge in [-0.25, -0.2) is 0 Å². The first-order chi connectivity index (χ1) is 11.1. The van der Waals surface area contributed by atoms with E-state index in [2.05, 4.69) is 12.2 Å². The van der Waals surface area contributed by atoms with E-state index in [0.29, 0.717) is 19.5 Å². The van der Waals surface area contributed by atoms with E-state index < -0.39 is 0 Å². The molecule has 1 saturated carbocycles. The zero-order valence-electron chi connectivity index (χ0n) is 15.0. The summed E-state index contributed by atoms with van der Waals surface area (Å²) < 4.78 is 0. The van der Waals surface area contributed by atoms with E-state index >= 15 is 0 Å². The minimum atomic E-state index is -0.00974. The van der Waals surface area contributed by atoms with Crippen molar-refractivity contribution in [3.05, 3.63) is 0 Å². The van der Waals surface area contributed by atoms with Crippen molar-refractivity contribution >= 4 is 24.2 Å². The highest BCUT2D eigenvalue weighted by molar-refractivity contribution is 5.85. The summed E-state index contributed by atoms with van der Waals surface area (Å²) in [5.74, 6) is 1.12. The molecule has 0 spiro atoms. The number of nitrogens with zero attached hydrogens (tertiary/aromatic N) is 1. The van der Waals surface area contributed by atoms with Gasteiger partial charge in [0.2, 0.25) is 11.8 Å². The van der Waals surface area contributed by atoms with Crippen LogP contribution in [0.4, 0.5) is 0 Å². The maximum absolute atomic E-state index is 12.9. The van der Waals surface area contributed by atoms with E-state index in [9.17, 15) is 9.59 Å². The second-order valence-electron chi connectivity index (χ2n) is 7.31. The average Bonchev–Trinajstić information content (AvgIpc) is 3.05. The van der Waals surface area contributed by atoms with E-state index in [1.807, 2.05) is 4.90 Å². The smallest absolute Gasteiger partial charge is 0.225 e. The van der Waals surface area contributed by atoms with Gasteiger partial charge in [0.05, 0.1) is 0 Å². The molecule has 5 nitrogen and oxygen atoms in total. The summed E-state index contributed by atoms with van der Waals surface area (Å²) in [6, 6.07) is 0.156. The topological polar surface area (TPSA) is 75.4 Å². The molecule has 24 heavy (non-hydrogen) atoms. The van der Waals surface area contributed by atoms with Crippen LogP contribution < -0.4 is 11.1 Å². The highest BCUT2D eigenvalue weighted by atomic mass is 35.5. The first-order valence-electron chi connectivity index (χ1n) is 9.39.